The summed E-state index contributed by atoms with van der Waals surface area (Å²) in [6.45, 7) is 8.56. The van der Waals surface area contributed by atoms with Gasteiger partial charge >= 0.3 is 0 Å². The molecule has 1 aromatic rings. The summed E-state index contributed by atoms with van der Waals surface area (Å²) in [5, 5.41) is 6.65. The number of piperidine rings is 2. The van der Waals surface area contributed by atoms with Crippen LogP contribution in [0.2, 0.25) is 0 Å². The maximum absolute atomic E-state index is 12.7. The summed E-state index contributed by atoms with van der Waals surface area (Å²) in [4.78, 5) is 15.2. The van der Waals surface area contributed by atoms with Gasteiger partial charge in [-0.1, -0.05) is 31.2 Å². The first-order valence-electron chi connectivity index (χ1n) is 10.4. The molecule has 0 bridgehead atoms. The number of carbonyl (C=O) groups is 1. The Hall–Kier alpha value is -0.810. The van der Waals surface area contributed by atoms with Crippen LogP contribution in [-0.4, -0.2) is 37.0 Å². The monoisotopic (exact) mass is 427 g/mol. The summed E-state index contributed by atoms with van der Waals surface area (Å²) in [5.41, 5.74) is 2.96. The number of halogens is 2. The van der Waals surface area contributed by atoms with Gasteiger partial charge in [-0.15, -0.1) is 24.8 Å². The lowest BCUT2D eigenvalue weighted by Crippen LogP contribution is -2.35. The van der Waals surface area contributed by atoms with Crippen molar-refractivity contribution < 1.29 is 4.79 Å². The van der Waals surface area contributed by atoms with Gasteiger partial charge < -0.3 is 10.6 Å². The molecule has 4 rings (SSSR count). The van der Waals surface area contributed by atoms with Gasteiger partial charge in [0.15, 0.2) is 0 Å². The zero-order chi connectivity index (χ0) is 18.0. The van der Waals surface area contributed by atoms with Crippen LogP contribution < -0.4 is 10.6 Å². The summed E-state index contributed by atoms with van der Waals surface area (Å²) in [7, 11) is 0. The second-order valence-corrected chi connectivity index (χ2v) is 8.84. The van der Waals surface area contributed by atoms with Crippen LogP contribution in [0.5, 0.6) is 0 Å². The Labute approximate surface area is 182 Å². The lowest BCUT2D eigenvalue weighted by atomic mass is 9.91. The summed E-state index contributed by atoms with van der Waals surface area (Å²) in [5.74, 6) is 1.32. The number of benzene rings is 1. The van der Waals surface area contributed by atoms with E-state index in [-0.39, 0.29) is 36.6 Å². The maximum Gasteiger partial charge on any atom is 0.223 e. The molecule has 1 spiro atoms. The molecule has 158 valence electrons. The predicted octanol–water partition coefficient (Wildman–Crippen LogP) is 3.77. The summed E-state index contributed by atoms with van der Waals surface area (Å²) >= 11 is 0. The van der Waals surface area contributed by atoms with Gasteiger partial charge in [-0.3, -0.25) is 9.69 Å². The highest BCUT2D eigenvalue weighted by Gasteiger charge is 2.57. The first kappa shape index (κ1) is 23.5. The van der Waals surface area contributed by atoms with Crippen molar-refractivity contribution in [2.45, 2.75) is 52.1 Å². The lowest BCUT2D eigenvalue weighted by molar-refractivity contribution is -0.123. The minimum atomic E-state index is 0. The van der Waals surface area contributed by atoms with Gasteiger partial charge in [0, 0.05) is 25.6 Å². The van der Waals surface area contributed by atoms with E-state index in [1.54, 1.807) is 0 Å². The Morgan fingerprint density at radius 1 is 1.21 bits per heavy atom. The molecule has 2 atom stereocenters. The Bertz CT molecular complexity index is 648. The highest BCUT2D eigenvalue weighted by atomic mass is 35.5. The molecule has 6 heteroatoms. The van der Waals surface area contributed by atoms with Crippen LogP contribution in [-0.2, 0) is 17.9 Å². The molecule has 4 nitrogen and oxygen atoms in total. The van der Waals surface area contributed by atoms with Crippen LogP contribution >= 0.6 is 24.8 Å². The molecule has 2 heterocycles. The fourth-order valence-electron chi connectivity index (χ4n) is 5.06. The molecule has 2 saturated heterocycles. The first-order valence-corrected chi connectivity index (χ1v) is 10.4. The van der Waals surface area contributed by atoms with E-state index in [1.165, 1.54) is 37.1 Å². The number of nitrogens with zero attached hydrogens (tertiary/aromatic N) is 1. The Balaban J connectivity index is 0.00000140. The standard InChI is InChI=1S/C22H33N3O.2ClH/c1-17-5-4-12-25(15-17)16-19-7-3-2-6-18(19)14-24-21(26)20-13-22(20)8-10-23-11-9-22;;/h2-3,6-7,17,20,23H,4-5,8-16H2,1H3,(H,24,26);2*1H. The van der Waals surface area contributed by atoms with Crippen molar-refractivity contribution in [2.24, 2.45) is 17.3 Å². The van der Waals surface area contributed by atoms with Crippen molar-refractivity contribution in [1.29, 1.82) is 0 Å². The summed E-state index contributed by atoms with van der Waals surface area (Å²) in [6.07, 6.45) is 6.07. The third-order valence-corrected chi connectivity index (χ3v) is 6.81. The van der Waals surface area contributed by atoms with Gasteiger partial charge in [-0.25, -0.2) is 0 Å². The van der Waals surface area contributed by atoms with Crippen molar-refractivity contribution in [3.63, 3.8) is 0 Å². The number of likely N-dealkylation sites (tertiary alicyclic amines) is 1. The fraction of sp³-hybridized carbons (Fsp3) is 0.682. The van der Waals surface area contributed by atoms with Crippen LogP contribution in [0.25, 0.3) is 0 Å². The number of nitrogens with one attached hydrogen (secondary N) is 2. The molecule has 1 aliphatic carbocycles. The van der Waals surface area contributed by atoms with Gasteiger partial charge in [-0.05, 0) is 74.2 Å². The molecule has 0 aromatic heterocycles. The predicted molar refractivity (Wildman–Crippen MR) is 119 cm³/mol. The van der Waals surface area contributed by atoms with Crippen molar-refractivity contribution in [3.05, 3.63) is 35.4 Å². The van der Waals surface area contributed by atoms with E-state index in [9.17, 15) is 4.79 Å². The van der Waals surface area contributed by atoms with E-state index >= 15 is 0 Å². The van der Waals surface area contributed by atoms with Crippen LogP contribution in [0, 0.1) is 17.3 Å². The molecule has 28 heavy (non-hydrogen) atoms. The molecule has 1 saturated carbocycles. The molecule has 1 amide bonds. The molecule has 2 N–H and O–H groups in total. The molecule has 3 fully saturated rings. The van der Waals surface area contributed by atoms with Crippen LogP contribution in [0.3, 0.4) is 0 Å². The third kappa shape index (κ3) is 5.41. The van der Waals surface area contributed by atoms with Gasteiger partial charge in [0.25, 0.3) is 0 Å². The maximum atomic E-state index is 12.7. The quantitative estimate of drug-likeness (QED) is 0.751. The van der Waals surface area contributed by atoms with Gasteiger partial charge in [0.2, 0.25) is 5.91 Å². The molecular formula is C22H35Cl2N3O. The average Bonchev–Trinajstić information content (AvgIpc) is 3.34. The van der Waals surface area contributed by atoms with E-state index < -0.39 is 0 Å². The summed E-state index contributed by atoms with van der Waals surface area (Å²) < 4.78 is 0. The smallest absolute Gasteiger partial charge is 0.223 e. The van der Waals surface area contributed by atoms with Crippen LogP contribution in [0.1, 0.15) is 50.2 Å². The van der Waals surface area contributed by atoms with E-state index in [2.05, 4.69) is 46.7 Å². The van der Waals surface area contributed by atoms with E-state index in [1.807, 2.05) is 0 Å². The zero-order valence-electron chi connectivity index (χ0n) is 16.9. The molecule has 1 aromatic carbocycles. The minimum absolute atomic E-state index is 0. The second-order valence-electron chi connectivity index (χ2n) is 8.84. The minimum Gasteiger partial charge on any atom is -0.352 e. The Morgan fingerprint density at radius 3 is 2.64 bits per heavy atom. The van der Waals surface area contributed by atoms with Crippen molar-refractivity contribution in [2.75, 3.05) is 26.2 Å². The highest BCUT2D eigenvalue weighted by molar-refractivity contribution is 5.85. The van der Waals surface area contributed by atoms with Gasteiger partial charge in [0.05, 0.1) is 0 Å². The van der Waals surface area contributed by atoms with Gasteiger partial charge in [-0.2, -0.15) is 0 Å². The normalized spacial score (nSPS) is 26.0. The zero-order valence-corrected chi connectivity index (χ0v) is 18.5. The number of rotatable bonds is 5. The third-order valence-electron chi connectivity index (χ3n) is 6.81. The van der Waals surface area contributed by atoms with Gasteiger partial charge in [0.1, 0.15) is 0 Å². The molecule has 2 unspecified atom stereocenters. The first-order chi connectivity index (χ1) is 12.7. The van der Waals surface area contributed by atoms with E-state index in [0.717, 1.165) is 44.8 Å². The van der Waals surface area contributed by atoms with Crippen LogP contribution in [0.15, 0.2) is 24.3 Å². The topological polar surface area (TPSA) is 44.4 Å². The molecule has 2 aliphatic heterocycles. The Kier molecular flexibility index (Phi) is 8.62. The van der Waals surface area contributed by atoms with E-state index in [0.29, 0.717) is 12.0 Å². The highest BCUT2D eigenvalue weighted by Crippen LogP contribution is 2.58. The molecule has 3 aliphatic rings. The number of amides is 1. The summed E-state index contributed by atoms with van der Waals surface area (Å²) in [6, 6.07) is 8.62. The lowest BCUT2D eigenvalue weighted by Gasteiger charge is -2.31. The van der Waals surface area contributed by atoms with Crippen LogP contribution in [0.4, 0.5) is 0 Å². The second kappa shape index (κ2) is 10.3. The van der Waals surface area contributed by atoms with E-state index in [4.69, 9.17) is 0 Å². The van der Waals surface area contributed by atoms with Crippen molar-refractivity contribution in [1.82, 2.24) is 15.5 Å². The van der Waals surface area contributed by atoms with Crippen molar-refractivity contribution >= 4 is 30.7 Å². The SMILES string of the molecule is CC1CCCN(Cc2ccccc2CNC(=O)C2CC23CCNCC3)C1.Cl.Cl. The number of hydrogen-bond acceptors (Lipinski definition) is 3. The number of carbonyl (C=O) groups excluding carboxylic acids is 1. The molecule has 0 radical (unpaired) electrons. The number of hydrogen-bond donors (Lipinski definition) is 2. The fourth-order valence-corrected chi connectivity index (χ4v) is 5.06. The Morgan fingerprint density at radius 2 is 1.93 bits per heavy atom. The average molecular weight is 428 g/mol. The molecular weight excluding hydrogens is 393 g/mol. The van der Waals surface area contributed by atoms with Crippen molar-refractivity contribution in [3.8, 4) is 0 Å². The largest absolute Gasteiger partial charge is 0.352 e.